The highest BCUT2D eigenvalue weighted by Gasteiger charge is 2.12. The molecule has 0 aliphatic heterocycles. The summed E-state index contributed by atoms with van der Waals surface area (Å²) in [5, 5.41) is 4.35. The van der Waals surface area contributed by atoms with E-state index in [1.54, 1.807) is 0 Å². The van der Waals surface area contributed by atoms with Gasteiger partial charge in [0.2, 0.25) is 0 Å². The molecule has 0 aromatic heterocycles. The van der Waals surface area contributed by atoms with Crippen LogP contribution < -0.4 is 5.32 Å². The summed E-state index contributed by atoms with van der Waals surface area (Å²) in [4.78, 5) is 0. The summed E-state index contributed by atoms with van der Waals surface area (Å²) in [6, 6.07) is 15.0. The molecule has 100 valence electrons. The zero-order valence-electron chi connectivity index (χ0n) is 11.7. The molecular formula is C17H20ClN. The summed E-state index contributed by atoms with van der Waals surface area (Å²) in [6.45, 7) is 6.37. The van der Waals surface area contributed by atoms with Crippen molar-refractivity contribution in [3.63, 3.8) is 0 Å². The smallest absolute Gasteiger partial charge is 0.0640 e. The summed E-state index contributed by atoms with van der Waals surface area (Å²) >= 11 is 6.28. The minimum absolute atomic E-state index is 0.291. The van der Waals surface area contributed by atoms with E-state index in [0.717, 1.165) is 17.1 Å². The molecule has 2 heteroatoms. The number of halogens is 1. The van der Waals surface area contributed by atoms with Crippen molar-refractivity contribution in [2.45, 2.75) is 33.2 Å². The Morgan fingerprint density at radius 3 is 2.32 bits per heavy atom. The van der Waals surface area contributed by atoms with Gasteiger partial charge in [-0.25, -0.2) is 0 Å². The highest BCUT2D eigenvalue weighted by Crippen LogP contribution is 2.30. The first kappa shape index (κ1) is 14.0. The van der Waals surface area contributed by atoms with Crippen LogP contribution in [0.5, 0.6) is 0 Å². The number of aryl methyl sites for hydroxylation is 2. The standard InChI is InChI=1S/C17H20ClN/c1-4-16(14-10-8-12(2)9-11-14)19-17-13(3)6-5-7-15(17)18/h5-11,16,19H,4H2,1-3H3. The molecule has 2 rings (SSSR count). The molecule has 1 nitrogen and oxygen atoms in total. The Morgan fingerprint density at radius 2 is 1.74 bits per heavy atom. The average Bonchev–Trinajstić information content (AvgIpc) is 2.40. The number of hydrogen-bond donors (Lipinski definition) is 1. The van der Waals surface area contributed by atoms with E-state index in [1.165, 1.54) is 16.7 Å². The van der Waals surface area contributed by atoms with Gasteiger partial charge in [0.1, 0.15) is 0 Å². The molecule has 1 N–H and O–H groups in total. The summed E-state index contributed by atoms with van der Waals surface area (Å²) in [6.07, 6.45) is 1.02. The highest BCUT2D eigenvalue weighted by atomic mass is 35.5. The maximum Gasteiger partial charge on any atom is 0.0640 e. The van der Waals surface area contributed by atoms with Crippen LogP contribution >= 0.6 is 11.6 Å². The van der Waals surface area contributed by atoms with E-state index in [4.69, 9.17) is 11.6 Å². The maximum absolute atomic E-state index is 6.28. The molecule has 0 radical (unpaired) electrons. The van der Waals surface area contributed by atoms with Crippen LogP contribution in [0.2, 0.25) is 5.02 Å². The van der Waals surface area contributed by atoms with Crippen LogP contribution in [0.1, 0.15) is 36.1 Å². The average molecular weight is 274 g/mol. The predicted octanol–water partition coefficient (Wildman–Crippen LogP) is 5.52. The lowest BCUT2D eigenvalue weighted by Crippen LogP contribution is -2.11. The molecule has 1 unspecified atom stereocenters. The highest BCUT2D eigenvalue weighted by molar-refractivity contribution is 6.33. The molecule has 0 fully saturated rings. The molecule has 0 spiro atoms. The molecule has 2 aromatic rings. The minimum atomic E-state index is 0.291. The quantitative estimate of drug-likeness (QED) is 0.773. The van der Waals surface area contributed by atoms with Crippen LogP contribution in [0.25, 0.3) is 0 Å². The molecule has 0 aliphatic carbocycles. The van der Waals surface area contributed by atoms with Crippen LogP contribution in [0.15, 0.2) is 42.5 Å². The molecule has 1 atom stereocenters. The molecule has 0 saturated heterocycles. The maximum atomic E-state index is 6.28. The van der Waals surface area contributed by atoms with Crippen molar-refractivity contribution in [3.8, 4) is 0 Å². The molecule has 2 aromatic carbocycles. The van der Waals surface area contributed by atoms with Crippen molar-refractivity contribution in [2.75, 3.05) is 5.32 Å². The number of para-hydroxylation sites is 1. The van der Waals surface area contributed by atoms with Crippen LogP contribution in [0, 0.1) is 13.8 Å². The second-order valence-electron chi connectivity index (χ2n) is 4.95. The molecule has 0 aliphatic rings. The van der Waals surface area contributed by atoms with Gasteiger partial charge in [0.05, 0.1) is 16.8 Å². The first-order valence-corrected chi connectivity index (χ1v) is 7.08. The van der Waals surface area contributed by atoms with Crippen LogP contribution in [-0.2, 0) is 0 Å². The number of benzene rings is 2. The van der Waals surface area contributed by atoms with Crippen molar-refractivity contribution in [1.82, 2.24) is 0 Å². The third kappa shape index (κ3) is 3.30. The van der Waals surface area contributed by atoms with E-state index >= 15 is 0 Å². The van der Waals surface area contributed by atoms with Crippen LogP contribution in [0.3, 0.4) is 0 Å². The van der Waals surface area contributed by atoms with E-state index in [-0.39, 0.29) is 0 Å². The van der Waals surface area contributed by atoms with Gasteiger partial charge in [-0.05, 0) is 37.5 Å². The fraction of sp³-hybridized carbons (Fsp3) is 0.294. The third-order valence-corrected chi connectivity index (χ3v) is 3.74. The first-order chi connectivity index (χ1) is 9.11. The summed E-state index contributed by atoms with van der Waals surface area (Å²) in [7, 11) is 0. The van der Waals surface area contributed by atoms with E-state index in [0.29, 0.717) is 6.04 Å². The van der Waals surface area contributed by atoms with Crippen molar-refractivity contribution in [3.05, 3.63) is 64.2 Å². The Hall–Kier alpha value is -1.47. The lowest BCUT2D eigenvalue weighted by atomic mass is 10.0. The summed E-state index contributed by atoms with van der Waals surface area (Å²) in [5.41, 5.74) is 4.80. The number of anilines is 1. The Balaban J connectivity index is 2.26. The normalized spacial score (nSPS) is 12.2. The Kier molecular flexibility index (Phi) is 4.49. The lowest BCUT2D eigenvalue weighted by Gasteiger charge is -2.21. The van der Waals surface area contributed by atoms with Gasteiger partial charge in [0.15, 0.2) is 0 Å². The Bertz CT molecular complexity index is 525. The van der Waals surface area contributed by atoms with Crippen LogP contribution in [-0.4, -0.2) is 0 Å². The summed E-state index contributed by atoms with van der Waals surface area (Å²) in [5.74, 6) is 0. The topological polar surface area (TPSA) is 12.0 Å². The second kappa shape index (κ2) is 6.12. The predicted molar refractivity (Wildman–Crippen MR) is 84.0 cm³/mol. The summed E-state index contributed by atoms with van der Waals surface area (Å²) < 4.78 is 0. The van der Waals surface area contributed by atoms with Crippen molar-refractivity contribution < 1.29 is 0 Å². The van der Waals surface area contributed by atoms with E-state index < -0.39 is 0 Å². The Morgan fingerprint density at radius 1 is 1.05 bits per heavy atom. The van der Waals surface area contributed by atoms with Crippen molar-refractivity contribution >= 4 is 17.3 Å². The van der Waals surface area contributed by atoms with Gasteiger partial charge in [-0.3, -0.25) is 0 Å². The van der Waals surface area contributed by atoms with Gasteiger partial charge in [0, 0.05) is 0 Å². The van der Waals surface area contributed by atoms with Crippen molar-refractivity contribution in [1.29, 1.82) is 0 Å². The SMILES string of the molecule is CCC(Nc1c(C)cccc1Cl)c1ccc(C)cc1. The second-order valence-corrected chi connectivity index (χ2v) is 5.35. The fourth-order valence-electron chi connectivity index (χ4n) is 2.21. The molecule has 0 saturated carbocycles. The molecule has 0 amide bonds. The fourth-order valence-corrected chi connectivity index (χ4v) is 2.49. The Labute approximate surface area is 120 Å². The largest absolute Gasteiger partial charge is 0.377 e. The van der Waals surface area contributed by atoms with E-state index in [1.807, 2.05) is 12.1 Å². The van der Waals surface area contributed by atoms with Gasteiger partial charge in [-0.1, -0.05) is 60.5 Å². The number of hydrogen-bond acceptors (Lipinski definition) is 1. The zero-order valence-corrected chi connectivity index (χ0v) is 12.5. The van der Waals surface area contributed by atoms with Crippen LogP contribution in [0.4, 0.5) is 5.69 Å². The number of rotatable bonds is 4. The lowest BCUT2D eigenvalue weighted by molar-refractivity contribution is 0.748. The van der Waals surface area contributed by atoms with Gasteiger partial charge >= 0.3 is 0 Å². The van der Waals surface area contributed by atoms with Gasteiger partial charge in [0.25, 0.3) is 0 Å². The monoisotopic (exact) mass is 273 g/mol. The third-order valence-electron chi connectivity index (χ3n) is 3.43. The molecule has 19 heavy (non-hydrogen) atoms. The zero-order chi connectivity index (χ0) is 13.8. The van der Waals surface area contributed by atoms with Crippen molar-refractivity contribution in [2.24, 2.45) is 0 Å². The first-order valence-electron chi connectivity index (χ1n) is 6.70. The van der Waals surface area contributed by atoms with Gasteiger partial charge in [-0.2, -0.15) is 0 Å². The molecule has 0 heterocycles. The van der Waals surface area contributed by atoms with Gasteiger partial charge < -0.3 is 5.32 Å². The van der Waals surface area contributed by atoms with E-state index in [9.17, 15) is 0 Å². The van der Waals surface area contributed by atoms with Gasteiger partial charge in [-0.15, -0.1) is 0 Å². The molecular weight excluding hydrogens is 254 g/mol. The number of nitrogens with one attached hydrogen (secondary N) is 1. The minimum Gasteiger partial charge on any atom is -0.377 e. The molecule has 0 bridgehead atoms. The van der Waals surface area contributed by atoms with E-state index in [2.05, 4.69) is 56.4 Å².